The molecule has 1 unspecified atom stereocenters. The molecule has 0 aliphatic heterocycles. The highest BCUT2D eigenvalue weighted by molar-refractivity contribution is 5.39. The van der Waals surface area contributed by atoms with Gasteiger partial charge in [-0.3, -0.25) is 4.90 Å². The van der Waals surface area contributed by atoms with Gasteiger partial charge in [0.1, 0.15) is 5.75 Å². The van der Waals surface area contributed by atoms with Crippen molar-refractivity contribution in [3.8, 4) is 5.75 Å². The first-order chi connectivity index (χ1) is 8.49. The molecule has 0 radical (unpaired) electrons. The Morgan fingerprint density at radius 1 is 1.28 bits per heavy atom. The van der Waals surface area contributed by atoms with Crippen LogP contribution in [0.3, 0.4) is 0 Å². The topological polar surface area (TPSA) is 38.5 Å². The molecule has 0 amide bonds. The quantitative estimate of drug-likeness (QED) is 0.843. The van der Waals surface area contributed by atoms with Crippen LogP contribution in [0.5, 0.6) is 5.75 Å². The third kappa shape index (κ3) is 3.72. The van der Waals surface area contributed by atoms with Crippen LogP contribution in [0.15, 0.2) is 18.2 Å². The Balaban J connectivity index is 2.88. The summed E-state index contributed by atoms with van der Waals surface area (Å²) in [6.45, 7) is 8.13. The molecule has 0 fully saturated rings. The van der Waals surface area contributed by atoms with Crippen LogP contribution in [-0.2, 0) is 6.54 Å². The fraction of sp³-hybridized carbons (Fsp3) is 0.600. The second-order valence-corrected chi connectivity index (χ2v) is 5.23. The average molecular weight is 250 g/mol. The van der Waals surface area contributed by atoms with E-state index in [0.29, 0.717) is 18.5 Å². The van der Waals surface area contributed by atoms with Gasteiger partial charge in [-0.25, -0.2) is 0 Å². The predicted molar refractivity (Wildman–Crippen MR) is 77.1 cm³/mol. The van der Waals surface area contributed by atoms with Crippen LogP contribution in [0.1, 0.15) is 37.8 Å². The number of ether oxygens (including phenoxy) is 1. The lowest BCUT2D eigenvalue weighted by molar-refractivity contribution is 0.254. The van der Waals surface area contributed by atoms with Crippen molar-refractivity contribution in [2.24, 2.45) is 5.73 Å². The van der Waals surface area contributed by atoms with Crippen molar-refractivity contribution in [3.05, 3.63) is 29.3 Å². The maximum absolute atomic E-state index is 5.69. The number of hydrogen-bond donors (Lipinski definition) is 1. The standard InChI is InChI=1S/C15H26N2O/c1-11(2)14-8-13(6-7-15(14)18-5)10-17(4)12(3)9-16/h6-8,11-12H,9-10,16H2,1-5H3. The van der Waals surface area contributed by atoms with E-state index in [1.165, 1.54) is 11.1 Å². The fourth-order valence-corrected chi connectivity index (χ4v) is 1.96. The van der Waals surface area contributed by atoms with Gasteiger partial charge >= 0.3 is 0 Å². The molecule has 18 heavy (non-hydrogen) atoms. The van der Waals surface area contributed by atoms with Gasteiger partial charge in [0.15, 0.2) is 0 Å². The Labute approximate surface area is 111 Å². The summed E-state index contributed by atoms with van der Waals surface area (Å²) in [5, 5.41) is 0. The fourth-order valence-electron chi connectivity index (χ4n) is 1.96. The van der Waals surface area contributed by atoms with Crippen LogP contribution in [-0.4, -0.2) is 31.6 Å². The minimum absolute atomic E-state index is 0.398. The van der Waals surface area contributed by atoms with Crippen LogP contribution in [0, 0.1) is 0 Å². The molecule has 1 atom stereocenters. The predicted octanol–water partition coefficient (Wildman–Crippen LogP) is 2.60. The molecule has 3 nitrogen and oxygen atoms in total. The van der Waals surface area contributed by atoms with Gasteiger partial charge in [0.2, 0.25) is 0 Å². The van der Waals surface area contributed by atoms with Crippen molar-refractivity contribution in [2.75, 3.05) is 20.7 Å². The largest absolute Gasteiger partial charge is 0.496 e. The molecule has 0 aromatic heterocycles. The molecule has 1 aromatic rings. The number of hydrogen-bond acceptors (Lipinski definition) is 3. The van der Waals surface area contributed by atoms with E-state index in [4.69, 9.17) is 10.5 Å². The van der Waals surface area contributed by atoms with Gasteiger partial charge < -0.3 is 10.5 Å². The van der Waals surface area contributed by atoms with Gasteiger partial charge in [0.05, 0.1) is 7.11 Å². The molecular formula is C15H26N2O. The summed E-state index contributed by atoms with van der Waals surface area (Å²) >= 11 is 0. The normalized spacial score (nSPS) is 13.1. The number of methoxy groups -OCH3 is 1. The summed E-state index contributed by atoms with van der Waals surface area (Å²) in [5.41, 5.74) is 8.26. The Bertz CT molecular complexity index is 377. The second-order valence-electron chi connectivity index (χ2n) is 5.23. The Kier molecular flexibility index (Phi) is 5.63. The number of nitrogens with two attached hydrogens (primary N) is 1. The lowest BCUT2D eigenvalue weighted by Gasteiger charge is -2.24. The van der Waals surface area contributed by atoms with Gasteiger partial charge in [0, 0.05) is 19.1 Å². The minimum atomic E-state index is 0.398. The van der Waals surface area contributed by atoms with Crippen LogP contribution in [0.4, 0.5) is 0 Å². The molecule has 0 heterocycles. The van der Waals surface area contributed by atoms with Crippen molar-refractivity contribution >= 4 is 0 Å². The van der Waals surface area contributed by atoms with E-state index in [-0.39, 0.29) is 0 Å². The zero-order chi connectivity index (χ0) is 13.7. The highest BCUT2D eigenvalue weighted by atomic mass is 16.5. The third-order valence-corrected chi connectivity index (χ3v) is 3.44. The van der Waals surface area contributed by atoms with E-state index in [9.17, 15) is 0 Å². The van der Waals surface area contributed by atoms with Crippen LogP contribution in [0.2, 0.25) is 0 Å². The maximum Gasteiger partial charge on any atom is 0.122 e. The molecule has 0 bridgehead atoms. The van der Waals surface area contributed by atoms with E-state index >= 15 is 0 Å². The summed E-state index contributed by atoms with van der Waals surface area (Å²) in [4.78, 5) is 2.27. The highest BCUT2D eigenvalue weighted by Gasteiger charge is 2.11. The van der Waals surface area contributed by atoms with Gasteiger partial charge in [-0.15, -0.1) is 0 Å². The summed E-state index contributed by atoms with van der Waals surface area (Å²) in [6.07, 6.45) is 0. The smallest absolute Gasteiger partial charge is 0.122 e. The van der Waals surface area contributed by atoms with Gasteiger partial charge in [-0.05, 0) is 37.1 Å². The average Bonchev–Trinajstić information content (AvgIpc) is 2.37. The van der Waals surface area contributed by atoms with E-state index in [1.807, 2.05) is 0 Å². The summed E-state index contributed by atoms with van der Waals surface area (Å²) < 4.78 is 5.40. The van der Waals surface area contributed by atoms with E-state index in [0.717, 1.165) is 12.3 Å². The molecule has 0 aliphatic carbocycles. The Hall–Kier alpha value is -1.06. The van der Waals surface area contributed by atoms with Crippen molar-refractivity contribution in [1.82, 2.24) is 4.90 Å². The molecule has 0 saturated heterocycles. The molecule has 3 heteroatoms. The second kappa shape index (κ2) is 6.76. The molecule has 1 aromatic carbocycles. The Morgan fingerprint density at radius 3 is 2.44 bits per heavy atom. The summed E-state index contributed by atoms with van der Waals surface area (Å²) in [6, 6.07) is 6.83. The third-order valence-electron chi connectivity index (χ3n) is 3.44. The number of nitrogens with zero attached hydrogens (tertiary/aromatic N) is 1. The molecular weight excluding hydrogens is 224 g/mol. The summed E-state index contributed by atoms with van der Waals surface area (Å²) in [7, 11) is 3.83. The first-order valence-electron chi connectivity index (χ1n) is 6.56. The Morgan fingerprint density at radius 2 is 1.94 bits per heavy atom. The molecule has 0 saturated carbocycles. The first kappa shape index (κ1) is 15.0. The maximum atomic E-state index is 5.69. The first-order valence-corrected chi connectivity index (χ1v) is 6.56. The zero-order valence-corrected chi connectivity index (χ0v) is 12.2. The zero-order valence-electron chi connectivity index (χ0n) is 12.2. The van der Waals surface area contributed by atoms with Crippen LogP contribution in [0.25, 0.3) is 0 Å². The molecule has 2 N–H and O–H groups in total. The van der Waals surface area contributed by atoms with Gasteiger partial charge in [-0.1, -0.05) is 26.0 Å². The molecule has 102 valence electrons. The van der Waals surface area contributed by atoms with E-state index in [2.05, 4.69) is 50.9 Å². The number of rotatable bonds is 6. The monoisotopic (exact) mass is 250 g/mol. The van der Waals surface area contributed by atoms with Crippen molar-refractivity contribution in [2.45, 2.75) is 39.3 Å². The van der Waals surface area contributed by atoms with Gasteiger partial charge in [-0.2, -0.15) is 0 Å². The van der Waals surface area contributed by atoms with Crippen LogP contribution >= 0.6 is 0 Å². The van der Waals surface area contributed by atoms with Crippen molar-refractivity contribution in [1.29, 1.82) is 0 Å². The highest BCUT2D eigenvalue weighted by Crippen LogP contribution is 2.27. The SMILES string of the molecule is COc1ccc(CN(C)C(C)CN)cc1C(C)C. The van der Waals surface area contributed by atoms with Crippen molar-refractivity contribution in [3.63, 3.8) is 0 Å². The lowest BCUT2D eigenvalue weighted by atomic mass is 9.99. The number of benzene rings is 1. The molecule has 0 spiro atoms. The summed E-state index contributed by atoms with van der Waals surface area (Å²) in [5.74, 6) is 1.44. The van der Waals surface area contributed by atoms with E-state index in [1.54, 1.807) is 7.11 Å². The van der Waals surface area contributed by atoms with E-state index < -0.39 is 0 Å². The molecule has 1 rings (SSSR count). The lowest BCUT2D eigenvalue weighted by Crippen LogP contribution is -2.34. The van der Waals surface area contributed by atoms with Gasteiger partial charge in [0.25, 0.3) is 0 Å². The van der Waals surface area contributed by atoms with Crippen molar-refractivity contribution < 1.29 is 4.74 Å². The number of likely N-dealkylation sites (N-methyl/N-ethyl adjacent to an activating group) is 1. The minimum Gasteiger partial charge on any atom is -0.496 e. The molecule has 0 aliphatic rings. The van der Waals surface area contributed by atoms with Crippen LogP contribution < -0.4 is 10.5 Å².